The molecule has 0 amide bonds. The van der Waals surface area contributed by atoms with E-state index < -0.39 is 10.6 Å². The molecule has 5 rings (SSSR count). The lowest BCUT2D eigenvalue weighted by Crippen LogP contribution is -2.48. The van der Waals surface area contributed by atoms with Gasteiger partial charge in [-0.1, -0.05) is 24.3 Å². The summed E-state index contributed by atoms with van der Waals surface area (Å²) in [7, 11) is 0. The number of hydrogen-bond donors (Lipinski definition) is 0. The van der Waals surface area contributed by atoms with E-state index in [2.05, 4.69) is 17.5 Å². The topological polar surface area (TPSA) is 68.0 Å². The van der Waals surface area contributed by atoms with Crippen LogP contribution in [0.3, 0.4) is 0 Å². The quantitative estimate of drug-likeness (QED) is 0.462. The number of nitrogens with zero attached hydrogens (tertiary/aromatic N) is 3. The fraction of sp³-hybridized carbons (Fsp3) is 0.190. The second kappa shape index (κ2) is 6.17. The van der Waals surface area contributed by atoms with Crippen LogP contribution < -0.4 is 4.74 Å². The van der Waals surface area contributed by atoms with Crippen molar-refractivity contribution in [3.05, 3.63) is 92.2 Å². The molecule has 0 unspecified atom stereocenters. The van der Waals surface area contributed by atoms with Gasteiger partial charge in [0.2, 0.25) is 5.72 Å². The molecule has 0 fully saturated rings. The molecule has 0 radical (unpaired) electrons. The smallest absolute Gasteiger partial charge is 0.269 e. The van der Waals surface area contributed by atoms with Crippen molar-refractivity contribution in [2.24, 2.45) is 5.10 Å². The zero-order chi connectivity index (χ0) is 19.3. The molecule has 2 aromatic carbocycles. The summed E-state index contributed by atoms with van der Waals surface area (Å²) in [5.41, 5.74) is 2.18. The number of rotatable bonds is 3. The lowest BCUT2D eigenvalue weighted by Gasteiger charge is -2.45. The number of thiophene rings is 1. The van der Waals surface area contributed by atoms with Crippen LogP contribution in [0.2, 0.25) is 0 Å². The van der Waals surface area contributed by atoms with Crippen molar-refractivity contribution in [1.29, 1.82) is 0 Å². The summed E-state index contributed by atoms with van der Waals surface area (Å²) in [6.45, 7) is 1.97. The molecule has 7 heteroatoms. The maximum Gasteiger partial charge on any atom is 0.269 e. The number of nitro benzene ring substituents is 1. The molecule has 1 aromatic heterocycles. The van der Waals surface area contributed by atoms with Gasteiger partial charge in [0.25, 0.3) is 5.69 Å². The summed E-state index contributed by atoms with van der Waals surface area (Å²) in [6, 6.07) is 18.7. The van der Waals surface area contributed by atoms with Gasteiger partial charge in [-0.3, -0.25) is 10.1 Å². The average molecular weight is 391 g/mol. The van der Waals surface area contributed by atoms with Gasteiger partial charge in [-0.05, 0) is 29.6 Å². The Labute approximate surface area is 165 Å². The second-order valence-corrected chi connectivity index (χ2v) is 7.96. The number of hydrogen-bond acceptors (Lipinski definition) is 6. The van der Waals surface area contributed by atoms with E-state index in [0.717, 1.165) is 33.9 Å². The molecule has 0 saturated carbocycles. The van der Waals surface area contributed by atoms with Crippen LogP contribution in [0.25, 0.3) is 0 Å². The van der Waals surface area contributed by atoms with Gasteiger partial charge in [0, 0.05) is 36.6 Å². The van der Waals surface area contributed by atoms with Crippen molar-refractivity contribution in [3.8, 4) is 5.75 Å². The molecular formula is C21H17N3O3S. The number of nitro groups is 1. The summed E-state index contributed by atoms with van der Waals surface area (Å²) in [5, 5.41) is 20.0. The van der Waals surface area contributed by atoms with Crippen LogP contribution in [0.5, 0.6) is 5.75 Å². The van der Waals surface area contributed by atoms with Crippen molar-refractivity contribution >= 4 is 22.7 Å². The van der Waals surface area contributed by atoms with E-state index >= 15 is 0 Å². The third-order valence-electron chi connectivity index (χ3n) is 5.35. The molecule has 0 aliphatic carbocycles. The van der Waals surface area contributed by atoms with E-state index in [1.807, 2.05) is 36.2 Å². The SMILES string of the molecule is C[C@]1(c2ccc([N+](=O)[O-])cc2)Oc2ccccc2[C@@H]2CC(c3cccs3)=NN21. The minimum Gasteiger partial charge on any atom is -0.462 e. The predicted molar refractivity (Wildman–Crippen MR) is 108 cm³/mol. The van der Waals surface area contributed by atoms with Crippen LogP contribution in [-0.2, 0) is 5.72 Å². The number of non-ortho nitro benzene ring substituents is 1. The molecule has 2 aliphatic heterocycles. The van der Waals surface area contributed by atoms with E-state index in [1.54, 1.807) is 23.5 Å². The van der Waals surface area contributed by atoms with Gasteiger partial charge in [-0.25, -0.2) is 5.01 Å². The van der Waals surface area contributed by atoms with Crippen molar-refractivity contribution in [2.45, 2.75) is 25.1 Å². The lowest BCUT2D eigenvalue weighted by molar-refractivity contribution is -0.384. The summed E-state index contributed by atoms with van der Waals surface area (Å²) in [4.78, 5) is 11.8. The standard InChI is InChI=1S/C21H17N3O3S/c1-21(14-8-10-15(11-9-14)24(25)26)23-18(16-5-2-3-6-19(16)27-21)13-17(22-23)20-7-4-12-28-20/h2-12,18H,13H2,1H3/t18-,21+/m0/s1. The minimum atomic E-state index is -0.854. The monoisotopic (exact) mass is 391 g/mol. The third kappa shape index (κ3) is 2.51. The highest BCUT2D eigenvalue weighted by atomic mass is 32.1. The van der Waals surface area contributed by atoms with Gasteiger partial charge in [-0.15, -0.1) is 11.3 Å². The molecule has 2 aliphatic rings. The van der Waals surface area contributed by atoms with E-state index in [-0.39, 0.29) is 11.7 Å². The Morgan fingerprint density at radius 3 is 2.68 bits per heavy atom. The molecule has 3 heterocycles. The highest BCUT2D eigenvalue weighted by Gasteiger charge is 2.48. The maximum absolute atomic E-state index is 11.0. The highest BCUT2D eigenvalue weighted by Crippen LogP contribution is 2.50. The Kier molecular flexibility index (Phi) is 3.73. The van der Waals surface area contributed by atoms with Crippen LogP contribution in [0.4, 0.5) is 5.69 Å². The minimum absolute atomic E-state index is 0.0576. The highest BCUT2D eigenvalue weighted by molar-refractivity contribution is 7.12. The molecule has 0 N–H and O–H groups in total. The van der Waals surface area contributed by atoms with Gasteiger partial charge in [0.15, 0.2) is 0 Å². The summed E-state index contributed by atoms with van der Waals surface area (Å²) >= 11 is 1.67. The van der Waals surface area contributed by atoms with Gasteiger partial charge in [-0.2, -0.15) is 5.10 Å². The first-order chi connectivity index (χ1) is 13.6. The van der Waals surface area contributed by atoms with E-state index in [1.165, 1.54) is 12.1 Å². The zero-order valence-corrected chi connectivity index (χ0v) is 15.9. The average Bonchev–Trinajstić information content (AvgIpc) is 3.38. The number of hydrazone groups is 1. The van der Waals surface area contributed by atoms with Crippen LogP contribution in [-0.4, -0.2) is 15.6 Å². The first-order valence-corrected chi connectivity index (χ1v) is 9.88. The van der Waals surface area contributed by atoms with E-state index in [9.17, 15) is 10.1 Å². The number of para-hydroxylation sites is 1. The molecule has 2 atom stereocenters. The Bertz CT molecular complexity index is 1080. The van der Waals surface area contributed by atoms with Crippen molar-refractivity contribution in [3.63, 3.8) is 0 Å². The fourth-order valence-corrected chi connectivity index (χ4v) is 4.65. The Balaban J connectivity index is 1.63. The fourth-order valence-electron chi connectivity index (χ4n) is 3.93. The Morgan fingerprint density at radius 1 is 1.18 bits per heavy atom. The molecule has 0 saturated heterocycles. The zero-order valence-electron chi connectivity index (χ0n) is 15.1. The molecule has 6 nitrogen and oxygen atoms in total. The Hall–Kier alpha value is -3.19. The second-order valence-electron chi connectivity index (χ2n) is 7.02. The first-order valence-electron chi connectivity index (χ1n) is 9.00. The summed E-state index contributed by atoms with van der Waals surface area (Å²) in [5.74, 6) is 0.826. The molecule has 3 aromatic rings. The normalized spacial score (nSPS) is 22.8. The van der Waals surface area contributed by atoms with Crippen LogP contribution >= 0.6 is 11.3 Å². The van der Waals surface area contributed by atoms with Crippen LogP contribution in [0, 0.1) is 10.1 Å². The third-order valence-corrected chi connectivity index (χ3v) is 6.27. The van der Waals surface area contributed by atoms with E-state index in [4.69, 9.17) is 9.84 Å². The number of fused-ring (bicyclic) bond motifs is 3. The lowest BCUT2D eigenvalue weighted by atomic mass is 9.93. The number of ether oxygens (including phenoxy) is 1. The van der Waals surface area contributed by atoms with Crippen molar-refractivity contribution in [2.75, 3.05) is 0 Å². The van der Waals surface area contributed by atoms with Gasteiger partial charge in [0.1, 0.15) is 5.75 Å². The maximum atomic E-state index is 11.0. The predicted octanol–water partition coefficient (Wildman–Crippen LogP) is 5.07. The summed E-state index contributed by atoms with van der Waals surface area (Å²) in [6.07, 6.45) is 0.795. The molecule has 0 spiro atoms. The van der Waals surface area contributed by atoms with Gasteiger partial charge < -0.3 is 4.74 Å². The van der Waals surface area contributed by atoms with Crippen LogP contribution in [0.15, 0.2) is 71.1 Å². The molecule has 140 valence electrons. The van der Waals surface area contributed by atoms with Gasteiger partial charge >= 0.3 is 0 Å². The molecule has 0 bridgehead atoms. The first kappa shape index (κ1) is 16.9. The Morgan fingerprint density at radius 2 is 1.96 bits per heavy atom. The van der Waals surface area contributed by atoms with Gasteiger partial charge in [0.05, 0.1) is 21.6 Å². The van der Waals surface area contributed by atoms with E-state index in [0.29, 0.717) is 0 Å². The number of benzene rings is 2. The molecular weight excluding hydrogens is 374 g/mol. The van der Waals surface area contributed by atoms with Crippen molar-refractivity contribution in [1.82, 2.24) is 5.01 Å². The summed E-state index contributed by atoms with van der Waals surface area (Å²) < 4.78 is 6.44. The molecule has 28 heavy (non-hydrogen) atoms. The van der Waals surface area contributed by atoms with Crippen molar-refractivity contribution < 1.29 is 9.66 Å². The van der Waals surface area contributed by atoms with Crippen LogP contribution in [0.1, 0.15) is 35.4 Å². The largest absolute Gasteiger partial charge is 0.462 e.